The molecule has 9 nitrogen and oxygen atoms in total. The lowest BCUT2D eigenvalue weighted by molar-refractivity contribution is 0.0658. The van der Waals surface area contributed by atoms with E-state index in [9.17, 15) is 9.90 Å². The molecule has 9 heteroatoms. The first kappa shape index (κ1) is 18.8. The number of likely N-dealkylation sites (N-methyl/N-ethyl adjacent to an activating group) is 1. The topological polar surface area (TPSA) is 98.8 Å². The zero-order valence-corrected chi connectivity index (χ0v) is 16.3. The van der Waals surface area contributed by atoms with Crippen molar-refractivity contribution in [3.8, 4) is 0 Å². The molecule has 2 aromatic rings. The molecule has 0 saturated carbocycles. The molecule has 4 heterocycles. The highest BCUT2D eigenvalue weighted by atomic mass is 16.5. The summed E-state index contributed by atoms with van der Waals surface area (Å²) in [5.74, 6) is 1.32. The lowest BCUT2D eigenvalue weighted by atomic mass is 10.0. The third kappa shape index (κ3) is 4.00. The molecule has 0 radical (unpaired) electrons. The predicted molar refractivity (Wildman–Crippen MR) is 102 cm³/mol. The van der Waals surface area contributed by atoms with Crippen LogP contribution in [-0.4, -0.2) is 88.4 Å². The first-order valence-corrected chi connectivity index (χ1v) is 9.64. The standard InChI is InChI=1S/C19H26N6O3/c1-13-7-15(28-22-13)8-14-11-25(12-17(14)26)18-10-20-9-16(21-18)19(27)24-5-3-23(2)4-6-24/h7,9-10,14,17,26H,3-6,8,11-12H2,1-2H3/t14-,17+/m1/s1. The molecule has 2 fully saturated rings. The van der Waals surface area contributed by atoms with E-state index in [1.54, 1.807) is 6.20 Å². The minimum atomic E-state index is -0.496. The van der Waals surface area contributed by atoms with E-state index in [-0.39, 0.29) is 11.8 Å². The molecule has 0 spiro atoms. The summed E-state index contributed by atoms with van der Waals surface area (Å²) in [4.78, 5) is 27.5. The van der Waals surface area contributed by atoms with Gasteiger partial charge in [0.1, 0.15) is 17.3 Å². The predicted octanol–water partition coefficient (Wildman–Crippen LogP) is 0.200. The highest BCUT2D eigenvalue weighted by molar-refractivity contribution is 5.92. The number of anilines is 1. The summed E-state index contributed by atoms with van der Waals surface area (Å²) >= 11 is 0. The highest BCUT2D eigenvalue weighted by Gasteiger charge is 2.33. The number of piperazine rings is 1. The highest BCUT2D eigenvalue weighted by Crippen LogP contribution is 2.25. The van der Waals surface area contributed by atoms with Gasteiger partial charge in [0.25, 0.3) is 5.91 Å². The summed E-state index contributed by atoms with van der Waals surface area (Å²) in [7, 11) is 2.05. The van der Waals surface area contributed by atoms with Crippen LogP contribution in [0.1, 0.15) is 21.9 Å². The van der Waals surface area contributed by atoms with E-state index in [1.807, 2.05) is 22.8 Å². The number of hydrogen-bond donors (Lipinski definition) is 1. The normalized spacial score (nSPS) is 23.4. The SMILES string of the molecule is Cc1cc(C[C@@H]2CN(c3cncc(C(=O)N4CCN(C)CC4)n3)C[C@@H]2O)on1. The van der Waals surface area contributed by atoms with Crippen molar-refractivity contribution < 1.29 is 14.4 Å². The second-order valence-electron chi connectivity index (χ2n) is 7.73. The number of aromatic nitrogens is 3. The van der Waals surface area contributed by atoms with Gasteiger partial charge < -0.3 is 24.3 Å². The van der Waals surface area contributed by atoms with Gasteiger partial charge in [0, 0.05) is 57.7 Å². The Morgan fingerprint density at radius 2 is 2.04 bits per heavy atom. The Labute approximate surface area is 163 Å². The molecule has 0 unspecified atom stereocenters. The van der Waals surface area contributed by atoms with Crippen LogP contribution in [0.25, 0.3) is 0 Å². The fraction of sp³-hybridized carbons (Fsp3) is 0.579. The summed E-state index contributed by atoms with van der Waals surface area (Å²) in [6.07, 6.45) is 3.29. The number of amides is 1. The van der Waals surface area contributed by atoms with Crippen LogP contribution in [0.3, 0.4) is 0 Å². The molecule has 0 bridgehead atoms. The van der Waals surface area contributed by atoms with Crippen molar-refractivity contribution in [3.05, 3.63) is 35.6 Å². The molecular formula is C19H26N6O3. The average Bonchev–Trinajstić information content (AvgIpc) is 3.28. The molecule has 2 aromatic heterocycles. The van der Waals surface area contributed by atoms with Gasteiger partial charge in [-0.1, -0.05) is 5.16 Å². The number of nitrogens with zero attached hydrogens (tertiary/aromatic N) is 6. The Bertz CT molecular complexity index is 833. The van der Waals surface area contributed by atoms with Crippen molar-refractivity contribution >= 4 is 11.7 Å². The Morgan fingerprint density at radius 1 is 1.25 bits per heavy atom. The fourth-order valence-electron chi connectivity index (χ4n) is 3.80. The Balaban J connectivity index is 1.43. The van der Waals surface area contributed by atoms with Gasteiger partial charge in [0.2, 0.25) is 0 Å². The van der Waals surface area contributed by atoms with Gasteiger partial charge in [-0.2, -0.15) is 0 Å². The summed E-state index contributed by atoms with van der Waals surface area (Å²) in [6, 6.07) is 1.89. The van der Waals surface area contributed by atoms with Crippen molar-refractivity contribution in [2.45, 2.75) is 19.4 Å². The molecule has 2 atom stereocenters. The molecule has 1 N–H and O–H groups in total. The number of aliphatic hydroxyl groups excluding tert-OH is 1. The van der Waals surface area contributed by atoms with Gasteiger partial charge >= 0.3 is 0 Å². The van der Waals surface area contributed by atoms with Gasteiger partial charge in [0.05, 0.1) is 24.2 Å². The third-order valence-corrected chi connectivity index (χ3v) is 5.50. The van der Waals surface area contributed by atoms with Crippen LogP contribution in [-0.2, 0) is 6.42 Å². The van der Waals surface area contributed by atoms with Crippen LogP contribution in [0.5, 0.6) is 0 Å². The second-order valence-corrected chi connectivity index (χ2v) is 7.73. The first-order chi connectivity index (χ1) is 13.5. The van der Waals surface area contributed by atoms with E-state index >= 15 is 0 Å². The van der Waals surface area contributed by atoms with Crippen LogP contribution in [0, 0.1) is 12.8 Å². The number of hydrogen-bond acceptors (Lipinski definition) is 8. The monoisotopic (exact) mass is 386 g/mol. The van der Waals surface area contributed by atoms with Crippen LogP contribution >= 0.6 is 0 Å². The molecule has 2 aliphatic heterocycles. The number of β-amino-alcohol motifs (C(OH)–C–C–N with tert-alkyl or cyclic N) is 1. The van der Waals surface area contributed by atoms with E-state index in [4.69, 9.17) is 4.52 Å². The molecule has 1 amide bonds. The van der Waals surface area contributed by atoms with Gasteiger partial charge in [-0.25, -0.2) is 4.98 Å². The van der Waals surface area contributed by atoms with Crippen LogP contribution in [0.15, 0.2) is 23.0 Å². The maximum Gasteiger partial charge on any atom is 0.274 e. The van der Waals surface area contributed by atoms with Crippen molar-refractivity contribution in [2.24, 2.45) is 5.92 Å². The summed E-state index contributed by atoms with van der Waals surface area (Å²) < 4.78 is 5.28. The second kappa shape index (κ2) is 7.84. The maximum atomic E-state index is 12.8. The minimum absolute atomic E-state index is 0.0196. The van der Waals surface area contributed by atoms with Crippen LogP contribution < -0.4 is 4.90 Å². The quantitative estimate of drug-likeness (QED) is 0.796. The molecule has 4 rings (SSSR count). The van der Waals surface area contributed by atoms with Crippen molar-refractivity contribution in [2.75, 3.05) is 51.2 Å². The van der Waals surface area contributed by atoms with Gasteiger partial charge in [-0.15, -0.1) is 0 Å². The summed E-state index contributed by atoms with van der Waals surface area (Å²) in [5.41, 5.74) is 1.19. The molecule has 2 saturated heterocycles. The lowest BCUT2D eigenvalue weighted by Crippen LogP contribution is -2.47. The summed E-state index contributed by atoms with van der Waals surface area (Å²) in [5, 5.41) is 14.4. The molecular weight excluding hydrogens is 360 g/mol. The maximum absolute atomic E-state index is 12.8. The van der Waals surface area contributed by atoms with Crippen LogP contribution in [0.2, 0.25) is 0 Å². The van der Waals surface area contributed by atoms with Crippen LogP contribution in [0.4, 0.5) is 5.82 Å². The molecule has 0 aromatic carbocycles. The van der Waals surface area contributed by atoms with Crippen molar-refractivity contribution in [3.63, 3.8) is 0 Å². The number of aliphatic hydroxyl groups is 1. The largest absolute Gasteiger partial charge is 0.391 e. The van der Waals surface area contributed by atoms with Gasteiger partial charge in [-0.3, -0.25) is 9.78 Å². The number of carbonyl (C=O) groups is 1. The summed E-state index contributed by atoms with van der Waals surface area (Å²) in [6.45, 7) is 6.08. The molecule has 28 heavy (non-hydrogen) atoms. The third-order valence-electron chi connectivity index (χ3n) is 5.50. The smallest absolute Gasteiger partial charge is 0.274 e. The zero-order valence-electron chi connectivity index (χ0n) is 16.3. The molecule has 0 aliphatic carbocycles. The minimum Gasteiger partial charge on any atom is -0.391 e. The van der Waals surface area contributed by atoms with Gasteiger partial charge in [-0.05, 0) is 14.0 Å². The van der Waals surface area contributed by atoms with Crippen molar-refractivity contribution in [1.82, 2.24) is 24.9 Å². The zero-order chi connectivity index (χ0) is 19.7. The molecule has 150 valence electrons. The van der Waals surface area contributed by atoms with E-state index < -0.39 is 6.10 Å². The Kier molecular flexibility index (Phi) is 5.27. The van der Waals surface area contributed by atoms with E-state index in [0.717, 1.165) is 24.5 Å². The van der Waals surface area contributed by atoms with E-state index in [0.29, 0.717) is 44.1 Å². The Morgan fingerprint density at radius 3 is 2.75 bits per heavy atom. The number of rotatable bonds is 4. The van der Waals surface area contributed by atoms with Crippen molar-refractivity contribution in [1.29, 1.82) is 0 Å². The number of aryl methyl sites for hydroxylation is 1. The Hall–Kier alpha value is -2.52. The van der Waals surface area contributed by atoms with E-state index in [2.05, 4.69) is 27.1 Å². The fourth-order valence-corrected chi connectivity index (χ4v) is 3.80. The average molecular weight is 386 g/mol. The number of carbonyl (C=O) groups excluding carboxylic acids is 1. The lowest BCUT2D eigenvalue weighted by Gasteiger charge is -2.32. The molecule has 2 aliphatic rings. The van der Waals surface area contributed by atoms with E-state index in [1.165, 1.54) is 6.20 Å². The van der Waals surface area contributed by atoms with Gasteiger partial charge in [0.15, 0.2) is 0 Å². The first-order valence-electron chi connectivity index (χ1n) is 9.64.